The van der Waals surface area contributed by atoms with E-state index in [0.29, 0.717) is 0 Å². The van der Waals surface area contributed by atoms with Crippen LogP contribution in [-0.2, 0) is 0 Å². The maximum absolute atomic E-state index is 4.46. The highest BCUT2D eigenvalue weighted by Gasteiger charge is 2.10. The van der Waals surface area contributed by atoms with Crippen LogP contribution in [0.15, 0.2) is 42.9 Å². The van der Waals surface area contributed by atoms with Gasteiger partial charge < -0.3 is 0 Å². The second kappa shape index (κ2) is 4.22. The van der Waals surface area contributed by atoms with Gasteiger partial charge in [0.05, 0.1) is 5.52 Å². The van der Waals surface area contributed by atoms with Crippen molar-refractivity contribution in [3.63, 3.8) is 0 Å². The van der Waals surface area contributed by atoms with E-state index in [-0.39, 0.29) is 6.04 Å². The Morgan fingerprint density at radius 3 is 2.78 bits per heavy atom. The fourth-order valence-corrected chi connectivity index (χ4v) is 2.03. The molecule has 4 heteroatoms. The Bertz CT molecular complexity index is 685. The summed E-state index contributed by atoms with van der Waals surface area (Å²) >= 11 is 0. The maximum atomic E-state index is 4.46. The van der Waals surface area contributed by atoms with Gasteiger partial charge in [-0.05, 0) is 26.0 Å². The van der Waals surface area contributed by atoms with Gasteiger partial charge in [-0.1, -0.05) is 18.2 Å². The Balaban J connectivity index is 2.16. The quantitative estimate of drug-likeness (QED) is 0.689. The summed E-state index contributed by atoms with van der Waals surface area (Å²) in [6, 6.07) is 10.5. The fourth-order valence-electron chi connectivity index (χ4n) is 2.03. The largest absolute Gasteiger partial charge is 0.255 e. The summed E-state index contributed by atoms with van der Waals surface area (Å²) in [7, 11) is 0. The minimum Gasteiger partial charge on any atom is -0.255 e. The van der Waals surface area contributed by atoms with Crippen molar-refractivity contribution in [3.05, 3.63) is 42.9 Å². The molecule has 0 saturated carbocycles. The van der Waals surface area contributed by atoms with Crippen molar-refractivity contribution in [2.24, 2.45) is 0 Å². The molecule has 0 aliphatic carbocycles. The zero-order valence-corrected chi connectivity index (χ0v) is 10.4. The van der Waals surface area contributed by atoms with Crippen LogP contribution in [0.1, 0.15) is 19.9 Å². The molecule has 3 rings (SSSR count). The van der Waals surface area contributed by atoms with Crippen molar-refractivity contribution in [2.45, 2.75) is 19.9 Å². The Kier molecular flexibility index (Phi) is 2.55. The first-order valence-corrected chi connectivity index (χ1v) is 6.00. The highest BCUT2D eigenvalue weighted by Crippen LogP contribution is 2.22. The highest BCUT2D eigenvalue weighted by molar-refractivity contribution is 5.82. The van der Waals surface area contributed by atoms with Crippen LogP contribution in [0.25, 0.3) is 22.3 Å². The van der Waals surface area contributed by atoms with Gasteiger partial charge in [-0.2, -0.15) is 5.10 Å². The van der Waals surface area contributed by atoms with Crippen LogP contribution >= 0.6 is 0 Å². The van der Waals surface area contributed by atoms with E-state index in [9.17, 15) is 0 Å². The van der Waals surface area contributed by atoms with Crippen LogP contribution in [0.2, 0.25) is 0 Å². The monoisotopic (exact) mass is 238 g/mol. The van der Waals surface area contributed by atoms with E-state index in [2.05, 4.69) is 41.0 Å². The summed E-state index contributed by atoms with van der Waals surface area (Å²) in [6.45, 7) is 4.18. The summed E-state index contributed by atoms with van der Waals surface area (Å²) in [5.41, 5.74) is 2.00. The van der Waals surface area contributed by atoms with Gasteiger partial charge in [-0.25, -0.2) is 9.67 Å². The molecule has 2 heterocycles. The van der Waals surface area contributed by atoms with Gasteiger partial charge in [0.2, 0.25) is 0 Å². The molecule has 0 bridgehead atoms. The van der Waals surface area contributed by atoms with Crippen molar-refractivity contribution in [1.29, 1.82) is 0 Å². The van der Waals surface area contributed by atoms with E-state index < -0.39 is 0 Å². The van der Waals surface area contributed by atoms with Gasteiger partial charge in [0.25, 0.3) is 0 Å². The first-order valence-electron chi connectivity index (χ1n) is 6.00. The van der Waals surface area contributed by atoms with Gasteiger partial charge >= 0.3 is 0 Å². The number of rotatable bonds is 2. The molecule has 0 spiro atoms. The van der Waals surface area contributed by atoms with Crippen molar-refractivity contribution >= 4 is 10.9 Å². The third-order valence-corrected chi connectivity index (χ3v) is 2.91. The second-order valence-corrected chi connectivity index (χ2v) is 4.54. The predicted octanol–water partition coefficient (Wildman–Crippen LogP) is 3.07. The SMILES string of the molecule is CC(C)n1ncnc1-c1cnc2ccccc2c1. The Morgan fingerprint density at radius 2 is 1.94 bits per heavy atom. The molecule has 4 nitrogen and oxygen atoms in total. The molecule has 90 valence electrons. The number of aromatic nitrogens is 4. The molecular weight excluding hydrogens is 224 g/mol. The Morgan fingerprint density at radius 1 is 1.11 bits per heavy atom. The van der Waals surface area contributed by atoms with Crippen LogP contribution in [-0.4, -0.2) is 19.7 Å². The molecule has 0 fully saturated rings. The van der Waals surface area contributed by atoms with E-state index >= 15 is 0 Å². The molecule has 0 N–H and O–H groups in total. The first kappa shape index (κ1) is 10.9. The highest BCUT2D eigenvalue weighted by atomic mass is 15.3. The molecule has 0 amide bonds. The lowest BCUT2D eigenvalue weighted by molar-refractivity contribution is 0.537. The van der Waals surface area contributed by atoms with Crippen LogP contribution < -0.4 is 0 Å². The first-order chi connectivity index (χ1) is 8.75. The van der Waals surface area contributed by atoms with Crippen molar-refractivity contribution < 1.29 is 0 Å². The van der Waals surface area contributed by atoms with Crippen LogP contribution in [0.4, 0.5) is 0 Å². The van der Waals surface area contributed by atoms with E-state index in [1.807, 2.05) is 29.1 Å². The number of fused-ring (bicyclic) bond motifs is 1. The fraction of sp³-hybridized carbons (Fsp3) is 0.214. The molecule has 0 aliphatic heterocycles. The van der Waals surface area contributed by atoms with Crippen molar-refractivity contribution in [3.8, 4) is 11.4 Å². The predicted molar refractivity (Wildman–Crippen MR) is 71.1 cm³/mol. The standard InChI is InChI=1S/C14H14N4/c1-10(2)18-14(16-9-17-18)12-7-11-5-3-4-6-13(11)15-8-12/h3-10H,1-2H3. The lowest BCUT2D eigenvalue weighted by Crippen LogP contribution is -2.05. The molecule has 0 aliphatic rings. The smallest absolute Gasteiger partial charge is 0.159 e. The van der Waals surface area contributed by atoms with E-state index in [4.69, 9.17) is 0 Å². The molecule has 0 unspecified atom stereocenters. The molecule has 0 saturated heterocycles. The summed E-state index contributed by atoms with van der Waals surface area (Å²) in [6.07, 6.45) is 3.44. The number of pyridine rings is 1. The van der Waals surface area contributed by atoms with Crippen molar-refractivity contribution in [1.82, 2.24) is 19.7 Å². The minimum atomic E-state index is 0.286. The van der Waals surface area contributed by atoms with Crippen LogP contribution in [0, 0.1) is 0 Å². The zero-order valence-electron chi connectivity index (χ0n) is 10.4. The molecule has 1 aromatic carbocycles. The molecule has 0 atom stereocenters. The summed E-state index contributed by atoms with van der Waals surface area (Å²) in [5, 5.41) is 5.37. The number of hydrogen-bond acceptors (Lipinski definition) is 3. The Labute approximate surface area is 105 Å². The van der Waals surface area contributed by atoms with E-state index in [1.54, 1.807) is 6.33 Å². The lowest BCUT2D eigenvalue weighted by Gasteiger charge is -2.09. The number of benzene rings is 1. The van der Waals surface area contributed by atoms with Gasteiger partial charge in [0.1, 0.15) is 6.33 Å². The van der Waals surface area contributed by atoms with E-state index in [1.165, 1.54) is 0 Å². The second-order valence-electron chi connectivity index (χ2n) is 4.54. The number of para-hydroxylation sites is 1. The van der Waals surface area contributed by atoms with Crippen molar-refractivity contribution in [2.75, 3.05) is 0 Å². The number of hydrogen-bond donors (Lipinski definition) is 0. The van der Waals surface area contributed by atoms with Gasteiger partial charge in [0.15, 0.2) is 5.82 Å². The average molecular weight is 238 g/mol. The third-order valence-electron chi connectivity index (χ3n) is 2.91. The topological polar surface area (TPSA) is 43.6 Å². The summed E-state index contributed by atoms with van der Waals surface area (Å²) in [5.74, 6) is 0.864. The molecular formula is C14H14N4. The lowest BCUT2D eigenvalue weighted by atomic mass is 10.1. The summed E-state index contributed by atoms with van der Waals surface area (Å²) < 4.78 is 1.91. The molecule has 3 aromatic rings. The van der Waals surface area contributed by atoms with Gasteiger partial charge in [-0.3, -0.25) is 4.98 Å². The number of nitrogens with zero attached hydrogens (tertiary/aromatic N) is 4. The van der Waals surface area contributed by atoms with Gasteiger partial charge in [0, 0.05) is 23.2 Å². The Hall–Kier alpha value is -2.23. The van der Waals surface area contributed by atoms with Gasteiger partial charge in [-0.15, -0.1) is 0 Å². The van der Waals surface area contributed by atoms with E-state index in [0.717, 1.165) is 22.3 Å². The van der Waals surface area contributed by atoms with Crippen LogP contribution in [0.5, 0.6) is 0 Å². The molecule has 2 aromatic heterocycles. The zero-order chi connectivity index (χ0) is 12.5. The normalized spacial score (nSPS) is 11.3. The third kappa shape index (κ3) is 1.76. The summed E-state index contributed by atoms with van der Waals surface area (Å²) in [4.78, 5) is 8.78. The maximum Gasteiger partial charge on any atom is 0.159 e. The van der Waals surface area contributed by atoms with Crippen LogP contribution in [0.3, 0.4) is 0 Å². The molecule has 18 heavy (non-hydrogen) atoms. The average Bonchev–Trinajstić information content (AvgIpc) is 2.87. The molecule has 0 radical (unpaired) electrons. The minimum absolute atomic E-state index is 0.286.